The zero-order valence-electron chi connectivity index (χ0n) is 7.53. The van der Waals surface area contributed by atoms with E-state index in [0.29, 0.717) is 6.54 Å². The third-order valence-electron chi connectivity index (χ3n) is 2.85. The quantitative estimate of drug-likeness (QED) is 0.591. The number of hydrogen-bond donors (Lipinski definition) is 0. The Labute approximate surface area is 97.3 Å². The van der Waals surface area contributed by atoms with Crippen molar-refractivity contribution in [3.05, 3.63) is 22.2 Å². The second-order valence-electron chi connectivity index (χ2n) is 3.51. The summed E-state index contributed by atoms with van der Waals surface area (Å²) in [5, 5.41) is 8.63. The van der Waals surface area contributed by atoms with Crippen molar-refractivity contribution in [2.24, 2.45) is 0 Å². The molecule has 0 radical (unpaired) electrons. The second kappa shape index (κ2) is 3.48. The van der Waals surface area contributed by atoms with E-state index in [1.807, 2.05) is 0 Å². The maximum Gasteiger partial charge on any atom is 0.235 e. The summed E-state index contributed by atoms with van der Waals surface area (Å²) >= 11 is 1.81. The van der Waals surface area contributed by atoms with Gasteiger partial charge >= 0.3 is 0 Å². The fraction of sp³-hybridized carbons (Fsp3) is 0.400. The van der Waals surface area contributed by atoms with Crippen molar-refractivity contribution < 1.29 is 21.5 Å². The van der Waals surface area contributed by atoms with Crippen LogP contribution in [-0.2, 0) is 6.54 Å². The molecular formula is C10H9BrN2S. The van der Waals surface area contributed by atoms with Gasteiger partial charge < -0.3 is 17.0 Å². The minimum atomic E-state index is 0. The lowest BCUT2D eigenvalue weighted by atomic mass is 9.84. The van der Waals surface area contributed by atoms with E-state index in [1.165, 1.54) is 29.0 Å². The molecule has 1 aromatic rings. The van der Waals surface area contributed by atoms with Crippen LogP contribution in [0, 0.1) is 11.3 Å². The summed E-state index contributed by atoms with van der Waals surface area (Å²) in [5.41, 5.74) is 4.91. The summed E-state index contributed by atoms with van der Waals surface area (Å²) in [4.78, 5) is 1.50. The maximum atomic E-state index is 8.63. The summed E-state index contributed by atoms with van der Waals surface area (Å²) in [6, 6.07) is 2.19. The number of aromatic nitrogens is 1. The molecule has 0 spiro atoms. The number of allylic oxidation sites excluding steroid dienone is 2. The number of nitrogens with zero attached hydrogens (tertiary/aromatic N) is 2. The molecule has 2 nitrogen and oxygen atoms in total. The molecule has 0 aromatic carbocycles. The molecule has 1 unspecified atom stereocenters. The average molecular weight is 269 g/mol. The van der Waals surface area contributed by atoms with Gasteiger partial charge in [0.15, 0.2) is 0 Å². The van der Waals surface area contributed by atoms with Crippen molar-refractivity contribution in [2.45, 2.75) is 25.3 Å². The average Bonchev–Trinajstić information content (AvgIpc) is 2.61. The first kappa shape index (κ1) is 9.88. The predicted molar refractivity (Wildman–Crippen MR) is 50.1 cm³/mol. The van der Waals surface area contributed by atoms with Gasteiger partial charge in [-0.3, -0.25) is 0 Å². The number of fused-ring (bicyclic) bond motifs is 4. The molecule has 3 rings (SSSR count). The van der Waals surface area contributed by atoms with Crippen molar-refractivity contribution in [1.82, 2.24) is 0 Å². The highest BCUT2D eigenvalue weighted by Gasteiger charge is 2.44. The molecule has 0 fully saturated rings. The van der Waals surface area contributed by atoms with Gasteiger partial charge in [-0.05, 0) is 12.8 Å². The molecule has 14 heavy (non-hydrogen) atoms. The fourth-order valence-electron chi connectivity index (χ4n) is 2.28. The Morgan fingerprint density at radius 1 is 1.64 bits per heavy atom. The minimum Gasteiger partial charge on any atom is -1.00 e. The predicted octanol–water partition coefficient (Wildman–Crippen LogP) is -1.16. The van der Waals surface area contributed by atoms with Crippen LogP contribution in [0.1, 0.15) is 29.3 Å². The smallest absolute Gasteiger partial charge is 0.235 e. The van der Waals surface area contributed by atoms with Crippen molar-refractivity contribution >= 4 is 16.9 Å². The van der Waals surface area contributed by atoms with Gasteiger partial charge in [-0.2, -0.15) is 9.83 Å². The number of thiazole rings is 1. The van der Waals surface area contributed by atoms with Gasteiger partial charge in [-0.25, -0.2) is 0 Å². The van der Waals surface area contributed by atoms with Crippen LogP contribution in [0.2, 0.25) is 0 Å². The molecule has 1 atom stereocenters. The summed E-state index contributed by atoms with van der Waals surface area (Å²) in [5.74, 6) is 0.722. The molecule has 4 heteroatoms. The third-order valence-corrected chi connectivity index (χ3v) is 3.95. The van der Waals surface area contributed by atoms with Crippen molar-refractivity contribution in [3.8, 4) is 6.07 Å². The van der Waals surface area contributed by atoms with E-state index in [9.17, 15) is 0 Å². The highest BCUT2D eigenvalue weighted by molar-refractivity contribution is 7.10. The molecule has 0 aliphatic heterocycles. The number of nitriles is 1. The zero-order valence-corrected chi connectivity index (χ0v) is 9.94. The molecule has 1 aromatic heterocycles. The zero-order chi connectivity index (χ0) is 8.84. The van der Waals surface area contributed by atoms with Crippen molar-refractivity contribution in [2.75, 3.05) is 0 Å². The van der Waals surface area contributed by atoms with Crippen LogP contribution in [0.4, 0.5) is 0 Å². The highest BCUT2D eigenvalue weighted by atomic mass is 79.9. The second-order valence-corrected chi connectivity index (χ2v) is 4.40. The van der Waals surface area contributed by atoms with Crippen molar-refractivity contribution in [3.63, 3.8) is 0 Å². The van der Waals surface area contributed by atoms with Crippen LogP contribution >= 0.6 is 11.3 Å². The van der Waals surface area contributed by atoms with E-state index < -0.39 is 0 Å². The van der Waals surface area contributed by atoms with Crippen molar-refractivity contribution in [1.29, 1.82) is 5.26 Å². The molecular weight excluding hydrogens is 260 g/mol. The van der Waals surface area contributed by atoms with E-state index in [2.05, 4.69) is 22.2 Å². The topological polar surface area (TPSA) is 27.7 Å². The normalized spacial score (nSPS) is 21.1. The van der Waals surface area contributed by atoms with E-state index in [4.69, 9.17) is 5.26 Å². The Kier molecular flexibility index (Phi) is 2.46. The van der Waals surface area contributed by atoms with Gasteiger partial charge in [0.2, 0.25) is 17.7 Å². The summed E-state index contributed by atoms with van der Waals surface area (Å²) in [6.45, 7) is 0.496. The molecule has 2 aliphatic rings. The number of halogens is 1. The van der Waals surface area contributed by atoms with Gasteiger partial charge in [0.05, 0.1) is 4.88 Å². The lowest BCUT2D eigenvalue weighted by molar-refractivity contribution is -0.683. The van der Waals surface area contributed by atoms with E-state index in [1.54, 1.807) is 11.3 Å². The fourth-order valence-corrected chi connectivity index (χ4v) is 3.45. The molecule has 0 bridgehead atoms. The molecule has 0 saturated carbocycles. The number of hydrogen-bond acceptors (Lipinski definition) is 2. The molecule has 0 saturated heterocycles. The molecule has 1 heterocycles. The van der Waals surface area contributed by atoms with Crippen LogP contribution in [0.3, 0.4) is 0 Å². The molecule has 0 N–H and O–H groups in total. The van der Waals surface area contributed by atoms with Crippen LogP contribution in [0.15, 0.2) is 11.6 Å². The van der Waals surface area contributed by atoms with Gasteiger partial charge in [0.1, 0.15) is 6.07 Å². The summed E-state index contributed by atoms with van der Waals surface area (Å²) in [7, 11) is 0. The van der Waals surface area contributed by atoms with E-state index in [0.717, 1.165) is 5.92 Å². The minimum absolute atomic E-state index is 0. The lowest BCUT2D eigenvalue weighted by Gasteiger charge is -2.20. The number of rotatable bonds is 1. The van der Waals surface area contributed by atoms with Crippen LogP contribution in [0.5, 0.6) is 0 Å². The Morgan fingerprint density at radius 3 is 3.29 bits per heavy atom. The Bertz CT molecular complexity index is 441. The maximum absolute atomic E-state index is 8.63. The SMILES string of the molecule is N#CC[n+]1csc2c1C1=CCCC12.[Br-]. The molecule has 72 valence electrons. The van der Waals surface area contributed by atoms with Crippen LogP contribution in [-0.4, -0.2) is 0 Å². The standard InChI is InChI=1S/C10H9N2S.BrH/c11-4-5-12-6-13-10-8-3-1-2-7(8)9(10)12;/h2,6,8H,1,3,5H2;1H/q+1;/p-1. The molecule has 0 amide bonds. The monoisotopic (exact) mass is 268 g/mol. The van der Waals surface area contributed by atoms with Crippen LogP contribution in [0.25, 0.3) is 5.57 Å². The van der Waals surface area contributed by atoms with E-state index >= 15 is 0 Å². The Hall–Kier alpha value is -0.660. The first-order chi connectivity index (χ1) is 6.42. The first-order valence-electron chi connectivity index (χ1n) is 4.50. The Balaban J connectivity index is 0.000000750. The van der Waals surface area contributed by atoms with Gasteiger partial charge in [-0.15, -0.1) is 0 Å². The summed E-state index contributed by atoms with van der Waals surface area (Å²) in [6.07, 6.45) is 4.83. The third kappa shape index (κ3) is 1.09. The first-order valence-corrected chi connectivity index (χ1v) is 5.38. The Morgan fingerprint density at radius 2 is 2.50 bits per heavy atom. The molecule has 2 aliphatic carbocycles. The lowest BCUT2D eigenvalue weighted by Crippen LogP contribution is -3.00. The van der Waals surface area contributed by atoms with Gasteiger partial charge in [0, 0.05) is 11.5 Å². The van der Waals surface area contributed by atoms with Gasteiger partial charge in [0.25, 0.3) is 0 Å². The largest absolute Gasteiger partial charge is 1.00 e. The van der Waals surface area contributed by atoms with Crippen LogP contribution < -0.4 is 21.5 Å². The summed E-state index contributed by atoms with van der Waals surface area (Å²) < 4.78 is 2.08. The van der Waals surface area contributed by atoms with E-state index in [-0.39, 0.29) is 17.0 Å². The van der Waals surface area contributed by atoms with Gasteiger partial charge in [-0.1, -0.05) is 17.4 Å². The highest BCUT2D eigenvalue weighted by Crippen LogP contribution is 2.52.